The highest BCUT2D eigenvalue weighted by Crippen LogP contribution is 2.26. The minimum atomic E-state index is -4.33. The molecule has 0 heterocycles. The maximum absolute atomic E-state index is 12.2. The Hall–Kier alpha value is -0.780. The van der Waals surface area contributed by atoms with Crippen LogP contribution in [0.2, 0.25) is 0 Å². The molecule has 6 heteroatoms. The number of nitrogens with zero attached hydrogens (tertiary/aromatic N) is 1. The highest BCUT2D eigenvalue weighted by Gasteiger charge is 2.32. The summed E-state index contributed by atoms with van der Waals surface area (Å²) in [5, 5.41) is 0. The van der Waals surface area contributed by atoms with Gasteiger partial charge in [0.2, 0.25) is 5.91 Å². The van der Waals surface area contributed by atoms with E-state index in [4.69, 9.17) is 5.73 Å². The molecule has 1 amide bonds. The van der Waals surface area contributed by atoms with Crippen molar-refractivity contribution < 1.29 is 18.0 Å². The van der Waals surface area contributed by atoms with Gasteiger partial charge in [0.25, 0.3) is 0 Å². The van der Waals surface area contributed by atoms with E-state index in [0.717, 1.165) is 11.3 Å². The number of carbonyl (C=O) groups excluding carboxylic acids is 1. The third-order valence-electron chi connectivity index (χ3n) is 2.94. The highest BCUT2D eigenvalue weighted by molar-refractivity contribution is 5.76. The number of rotatable bonds is 7. The lowest BCUT2D eigenvalue weighted by molar-refractivity contribution is -0.161. The van der Waals surface area contributed by atoms with E-state index < -0.39 is 18.6 Å². The second kappa shape index (κ2) is 6.97. The van der Waals surface area contributed by atoms with Crippen LogP contribution < -0.4 is 5.73 Å². The number of amides is 1. The molecule has 3 nitrogen and oxygen atoms in total. The van der Waals surface area contributed by atoms with Crippen molar-refractivity contribution in [3.8, 4) is 0 Å². The van der Waals surface area contributed by atoms with Gasteiger partial charge in [0.1, 0.15) is 6.54 Å². The molecule has 0 radical (unpaired) electrons. The average molecular weight is 268 g/mol. The zero-order valence-electron chi connectivity index (χ0n) is 11.3. The third-order valence-corrected chi connectivity index (χ3v) is 2.94. The van der Waals surface area contributed by atoms with Crippen LogP contribution in [0.3, 0.4) is 0 Å². The van der Waals surface area contributed by atoms with Gasteiger partial charge in [-0.15, -0.1) is 0 Å². The summed E-state index contributed by atoms with van der Waals surface area (Å²) in [5.74, 6) is -0.445. The first-order chi connectivity index (χ1) is 8.11. The van der Waals surface area contributed by atoms with E-state index in [0.29, 0.717) is 13.0 Å². The monoisotopic (exact) mass is 268 g/mol. The van der Waals surface area contributed by atoms with Crippen molar-refractivity contribution in [3.63, 3.8) is 0 Å². The third kappa shape index (κ3) is 7.53. The number of carbonyl (C=O) groups is 1. The van der Waals surface area contributed by atoms with Crippen molar-refractivity contribution in [1.82, 2.24) is 4.90 Å². The van der Waals surface area contributed by atoms with Crippen LogP contribution in [0.5, 0.6) is 0 Å². The second-order valence-electron chi connectivity index (χ2n) is 5.23. The van der Waals surface area contributed by atoms with Crippen molar-refractivity contribution in [1.29, 1.82) is 0 Å². The molecular weight excluding hydrogens is 245 g/mol. The van der Waals surface area contributed by atoms with E-state index in [2.05, 4.69) is 0 Å². The Morgan fingerprint density at radius 3 is 2.17 bits per heavy atom. The Labute approximate surface area is 107 Å². The van der Waals surface area contributed by atoms with Crippen molar-refractivity contribution in [2.24, 2.45) is 11.1 Å². The molecule has 2 N–H and O–H groups in total. The predicted octanol–water partition coefficient (Wildman–Crippen LogP) is 2.55. The average Bonchev–Trinajstić information content (AvgIpc) is 2.21. The minimum Gasteiger partial charge on any atom is -0.334 e. The van der Waals surface area contributed by atoms with E-state index in [1.165, 1.54) is 0 Å². The molecule has 0 aromatic rings. The van der Waals surface area contributed by atoms with E-state index in [1.807, 2.05) is 13.8 Å². The minimum absolute atomic E-state index is 0.0790. The van der Waals surface area contributed by atoms with Crippen molar-refractivity contribution >= 4 is 5.91 Å². The quantitative estimate of drug-likeness (QED) is 0.771. The van der Waals surface area contributed by atoms with Gasteiger partial charge in [-0.05, 0) is 31.7 Å². The fraction of sp³-hybridized carbons (Fsp3) is 0.917. The summed E-state index contributed by atoms with van der Waals surface area (Å²) >= 11 is 0. The Kier molecular flexibility index (Phi) is 6.67. The predicted molar refractivity (Wildman–Crippen MR) is 65.0 cm³/mol. The standard InChI is InChI=1S/C12H23F3N2O/c1-4-17(9-12(13,14)15)10(18)5-6-11(2,3)7-8-16/h4-9,16H2,1-3H3. The molecule has 0 aliphatic heterocycles. The van der Waals surface area contributed by atoms with E-state index in [1.54, 1.807) is 6.92 Å². The lowest BCUT2D eigenvalue weighted by Crippen LogP contribution is -2.39. The maximum atomic E-state index is 12.2. The molecule has 0 fully saturated rings. The molecule has 0 saturated heterocycles. The molecule has 0 atom stereocenters. The number of hydrogen-bond acceptors (Lipinski definition) is 2. The molecular formula is C12H23F3N2O. The smallest absolute Gasteiger partial charge is 0.334 e. The molecule has 0 saturated carbocycles. The zero-order valence-corrected chi connectivity index (χ0v) is 11.3. The molecule has 0 aliphatic carbocycles. The lowest BCUT2D eigenvalue weighted by atomic mass is 9.84. The first-order valence-electron chi connectivity index (χ1n) is 6.16. The first-order valence-corrected chi connectivity index (χ1v) is 6.16. The summed E-state index contributed by atoms with van der Waals surface area (Å²) in [6.45, 7) is 4.91. The largest absolute Gasteiger partial charge is 0.406 e. The van der Waals surface area contributed by atoms with Gasteiger partial charge in [-0.2, -0.15) is 13.2 Å². The zero-order chi connectivity index (χ0) is 14.4. The topological polar surface area (TPSA) is 46.3 Å². The molecule has 0 unspecified atom stereocenters. The Morgan fingerprint density at radius 2 is 1.78 bits per heavy atom. The van der Waals surface area contributed by atoms with Crippen molar-refractivity contribution in [2.45, 2.75) is 46.2 Å². The Balaban J connectivity index is 4.29. The molecule has 0 aliphatic rings. The summed E-state index contributed by atoms with van der Waals surface area (Å²) in [6, 6.07) is 0. The summed E-state index contributed by atoms with van der Waals surface area (Å²) in [7, 11) is 0. The lowest BCUT2D eigenvalue weighted by Gasteiger charge is -2.26. The summed E-state index contributed by atoms with van der Waals surface area (Å²) in [5.41, 5.74) is 5.34. The van der Waals surface area contributed by atoms with Crippen LogP contribution in [0, 0.1) is 5.41 Å². The summed E-state index contributed by atoms with van der Waals surface area (Å²) in [6.07, 6.45) is -2.89. The molecule has 0 aromatic carbocycles. The van der Waals surface area contributed by atoms with Crippen LogP contribution in [-0.4, -0.2) is 36.6 Å². The Morgan fingerprint density at radius 1 is 1.22 bits per heavy atom. The normalized spacial score (nSPS) is 12.6. The molecule has 0 bridgehead atoms. The number of halogens is 3. The highest BCUT2D eigenvalue weighted by atomic mass is 19.4. The summed E-state index contributed by atoms with van der Waals surface area (Å²) < 4.78 is 36.7. The SMILES string of the molecule is CCN(CC(F)(F)F)C(=O)CCC(C)(C)CCN. The Bertz CT molecular complexity index is 265. The van der Waals surface area contributed by atoms with Crippen molar-refractivity contribution in [3.05, 3.63) is 0 Å². The van der Waals surface area contributed by atoms with Crippen LogP contribution in [0.25, 0.3) is 0 Å². The van der Waals surface area contributed by atoms with Crippen molar-refractivity contribution in [2.75, 3.05) is 19.6 Å². The van der Waals surface area contributed by atoms with Gasteiger partial charge in [-0.3, -0.25) is 4.79 Å². The number of hydrogen-bond donors (Lipinski definition) is 1. The van der Waals surface area contributed by atoms with Crippen LogP contribution in [0.4, 0.5) is 13.2 Å². The number of alkyl halides is 3. The van der Waals surface area contributed by atoms with Gasteiger partial charge >= 0.3 is 6.18 Å². The van der Waals surface area contributed by atoms with Crippen LogP contribution in [-0.2, 0) is 4.79 Å². The fourth-order valence-corrected chi connectivity index (χ4v) is 1.71. The van der Waals surface area contributed by atoms with Gasteiger partial charge in [0, 0.05) is 13.0 Å². The molecule has 0 rings (SSSR count). The van der Waals surface area contributed by atoms with Gasteiger partial charge in [0.05, 0.1) is 0 Å². The van der Waals surface area contributed by atoms with E-state index >= 15 is 0 Å². The maximum Gasteiger partial charge on any atom is 0.406 e. The molecule has 18 heavy (non-hydrogen) atoms. The van der Waals surface area contributed by atoms with E-state index in [9.17, 15) is 18.0 Å². The first kappa shape index (κ1) is 17.2. The molecule has 0 aromatic heterocycles. The van der Waals surface area contributed by atoms with E-state index in [-0.39, 0.29) is 18.4 Å². The van der Waals surface area contributed by atoms with Gasteiger partial charge in [0.15, 0.2) is 0 Å². The number of nitrogens with two attached hydrogens (primary N) is 1. The van der Waals surface area contributed by atoms with Gasteiger partial charge in [-0.25, -0.2) is 0 Å². The summed E-state index contributed by atoms with van der Waals surface area (Å²) in [4.78, 5) is 12.5. The van der Waals surface area contributed by atoms with Crippen LogP contribution in [0.1, 0.15) is 40.0 Å². The molecule has 108 valence electrons. The van der Waals surface area contributed by atoms with Crippen LogP contribution in [0.15, 0.2) is 0 Å². The van der Waals surface area contributed by atoms with Gasteiger partial charge in [-0.1, -0.05) is 13.8 Å². The second-order valence-corrected chi connectivity index (χ2v) is 5.23. The van der Waals surface area contributed by atoms with Crippen LogP contribution >= 0.6 is 0 Å². The molecule has 0 spiro atoms. The fourth-order valence-electron chi connectivity index (χ4n) is 1.71. The van der Waals surface area contributed by atoms with Gasteiger partial charge < -0.3 is 10.6 Å².